The number of hydrogen-bond acceptors (Lipinski definition) is 5. The minimum absolute atomic E-state index is 0.323. The molecule has 4 rings (SSSR count). The van der Waals surface area contributed by atoms with Crippen LogP contribution in [-0.2, 0) is 6.54 Å². The molecule has 0 unspecified atom stereocenters. The van der Waals surface area contributed by atoms with Crippen LogP contribution in [0.4, 0.5) is 15.2 Å². The quantitative estimate of drug-likeness (QED) is 0.511. The van der Waals surface area contributed by atoms with Gasteiger partial charge in [0.25, 0.3) is 0 Å². The van der Waals surface area contributed by atoms with Crippen LogP contribution in [0.25, 0.3) is 10.3 Å². The van der Waals surface area contributed by atoms with Crippen LogP contribution < -0.4 is 4.90 Å². The average molecular weight is 360 g/mol. The summed E-state index contributed by atoms with van der Waals surface area (Å²) in [5.74, 6) is -0.323. The Kier molecular flexibility index (Phi) is 4.30. The van der Waals surface area contributed by atoms with Gasteiger partial charge >= 0.3 is 0 Å². The van der Waals surface area contributed by atoms with Crippen molar-refractivity contribution in [2.75, 3.05) is 4.90 Å². The van der Waals surface area contributed by atoms with Crippen LogP contribution in [0.5, 0.6) is 0 Å². The summed E-state index contributed by atoms with van der Waals surface area (Å²) in [6.07, 6.45) is 1.72. The first kappa shape index (κ1) is 16.2. The van der Waals surface area contributed by atoms with Gasteiger partial charge in [0.15, 0.2) is 5.13 Å². The Hall–Kier alpha value is -3.30. The molecule has 26 heavy (non-hydrogen) atoms. The molecule has 2 aromatic heterocycles. The standard InChI is InChI=1S/C20H13FN4S/c21-16-7-1-2-9-18(16)25(13-15-6-3-5-14(11-15)12-22)20-24-17-8-4-10-23-19(17)26-20/h1-11H,13H2. The minimum Gasteiger partial charge on any atom is -0.311 e. The number of benzene rings is 2. The summed E-state index contributed by atoms with van der Waals surface area (Å²) in [4.78, 5) is 11.6. The van der Waals surface area contributed by atoms with Crippen molar-refractivity contribution in [3.8, 4) is 6.07 Å². The topological polar surface area (TPSA) is 52.8 Å². The van der Waals surface area contributed by atoms with E-state index in [1.807, 2.05) is 29.2 Å². The number of pyridine rings is 1. The summed E-state index contributed by atoms with van der Waals surface area (Å²) in [6.45, 7) is 0.399. The van der Waals surface area contributed by atoms with Gasteiger partial charge in [-0.1, -0.05) is 35.6 Å². The number of nitrogens with zero attached hydrogens (tertiary/aromatic N) is 4. The van der Waals surface area contributed by atoms with Gasteiger partial charge in [0.05, 0.1) is 23.9 Å². The lowest BCUT2D eigenvalue weighted by atomic mass is 10.1. The van der Waals surface area contributed by atoms with Crippen molar-refractivity contribution in [2.24, 2.45) is 0 Å². The Labute approximate surface area is 153 Å². The maximum absolute atomic E-state index is 14.5. The van der Waals surface area contributed by atoms with Crippen LogP contribution in [-0.4, -0.2) is 9.97 Å². The van der Waals surface area contributed by atoms with E-state index in [4.69, 9.17) is 5.26 Å². The monoisotopic (exact) mass is 360 g/mol. The summed E-state index contributed by atoms with van der Waals surface area (Å²) in [5, 5.41) is 9.79. The number of hydrogen-bond donors (Lipinski definition) is 0. The van der Waals surface area contributed by atoms with Crippen molar-refractivity contribution < 1.29 is 4.39 Å². The van der Waals surface area contributed by atoms with Gasteiger partial charge in [-0.15, -0.1) is 0 Å². The van der Waals surface area contributed by atoms with E-state index in [-0.39, 0.29) is 5.82 Å². The first-order valence-electron chi connectivity index (χ1n) is 7.97. The van der Waals surface area contributed by atoms with Crippen LogP contribution >= 0.6 is 11.3 Å². The Morgan fingerprint density at radius 2 is 1.96 bits per heavy atom. The molecule has 0 saturated heterocycles. The molecule has 2 aromatic carbocycles. The Bertz CT molecular complexity index is 1080. The summed E-state index contributed by atoms with van der Waals surface area (Å²) in [6, 6.07) is 19.8. The predicted molar refractivity (Wildman–Crippen MR) is 101 cm³/mol. The molecule has 0 aliphatic rings. The van der Waals surface area contributed by atoms with E-state index in [0.29, 0.717) is 22.9 Å². The number of thiazole rings is 1. The lowest BCUT2D eigenvalue weighted by molar-refractivity contribution is 0.624. The van der Waals surface area contributed by atoms with Gasteiger partial charge < -0.3 is 4.90 Å². The zero-order valence-corrected chi connectivity index (χ0v) is 14.4. The number of anilines is 2. The first-order chi connectivity index (χ1) is 12.7. The van der Waals surface area contributed by atoms with Gasteiger partial charge in [-0.3, -0.25) is 0 Å². The van der Waals surface area contributed by atoms with Gasteiger partial charge in [0.2, 0.25) is 0 Å². The Morgan fingerprint density at radius 1 is 1.08 bits per heavy atom. The lowest BCUT2D eigenvalue weighted by Gasteiger charge is -2.22. The van der Waals surface area contributed by atoms with E-state index >= 15 is 0 Å². The molecular formula is C20H13FN4S. The predicted octanol–water partition coefficient (Wildman–Crippen LogP) is 5.04. The number of fused-ring (bicyclic) bond motifs is 1. The van der Waals surface area contributed by atoms with Crippen LogP contribution in [0.15, 0.2) is 66.9 Å². The van der Waals surface area contributed by atoms with E-state index in [1.165, 1.54) is 17.4 Å². The molecule has 4 aromatic rings. The third kappa shape index (κ3) is 3.13. The summed E-state index contributed by atoms with van der Waals surface area (Å²) in [5.41, 5.74) is 2.69. The van der Waals surface area contributed by atoms with Crippen LogP contribution in [0.3, 0.4) is 0 Å². The van der Waals surface area contributed by atoms with Crippen molar-refractivity contribution in [3.05, 3.63) is 83.8 Å². The maximum atomic E-state index is 14.5. The highest BCUT2D eigenvalue weighted by atomic mass is 32.1. The minimum atomic E-state index is -0.323. The van der Waals surface area contributed by atoms with Gasteiger partial charge in [-0.25, -0.2) is 14.4 Å². The Balaban J connectivity index is 1.81. The van der Waals surface area contributed by atoms with Crippen molar-refractivity contribution in [2.45, 2.75) is 6.54 Å². The summed E-state index contributed by atoms with van der Waals surface area (Å²) in [7, 11) is 0. The fourth-order valence-electron chi connectivity index (χ4n) is 2.72. The normalized spacial score (nSPS) is 10.6. The lowest BCUT2D eigenvalue weighted by Crippen LogP contribution is -2.17. The molecule has 0 atom stereocenters. The fraction of sp³-hybridized carbons (Fsp3) is 0.0500. The molecule has 0 N–H and O–H groups in total. The first-order valence-corrected chi connectivity index (χ1v) is 8.79. The van der Waals surface area contributed by atoms with E-state index in [9.17, 15) is 4.39 Å². The second-order valence-electron chi connectivity index (χ2n) is 5.67. The van der Waals surface area contributed by atoms with Crippen molar-refractivity contribution in [1.29, 1.82) is 5.26 Å². The van der Waals surface area contributed by atoms with Gasteiger partial charge in [0, 0.05) is 6.20 Å². The molecule has 126 valence electrons. The molecular weight excluding hydrogens is 347 g/mol. The smallest absolute Gasteiger partial charge is 0.192 e. The molecule has 2 heterocycles. The van der Waals surface area contributed by atoms with Crippen molar-refractivity contribution in [1.82, 2.24) is 9.97 Å². The van der Waals surface area contributed by atoms with Gasteiger partial charge in [0.1, 0.15) is 16.2 Å². The largest absolute Gasteiger partial charge is 0.311 e. The number of nitriles is 1. The molecule has 0 fully saturated rings. The van der Waals surface area contributed by atoms with Crippen molar-refractivity contribution >= 4 is 32.5 Å². The zero-order valence-electron chi connectivity index (χ0n) is 13.6. The molecule has 0 radical (unpaired) electrons. The second kappa shape index (κ2) is 6.90. The molecule has 6 heteroatoms. The summed E-state index contributed by atoms with van der Waals surface area (Å²) >= 11 is 1.41. The van der Waals surface area contributed by atoms with Crippen LogP contribution in [0.1, 0.15) is 11.1 Å². The Morgan fingerprint density at radius 3 is 2.77 bits per heavy atom. The highest BCUT2D eigenvalue weighted by Gasteiger charge is 2.18. The van der Waals surface area contributed by atoms with E-state index in [0.717, 1.165) is 15.9 Å². The number of rotatable bonds is 4. The summed E-state index contributed by atoms with van der Waals surface area (Å²) < 4.78 is 14.5. The number of halogens is 1. The third-order valence-corrected chi connectivity index (χ3v) is 4.93. The second-order valence-corrected chi connectivity index (χ2v) is 6.63. The molecule has 0 saturated carbocycles. The maximum Gasteiger partial charge on any atom is 0.192 e. The van der Waals surface area contributed by atoms with Crippen LogP contribution in [0.2, 0.25) is 0 Å². The number of para-hydroxylation sites is 1. The average Bonchev–Trinajstić information content (AvgIpc) is 3.11. The number of aromatic nitrogens is 2. The molecule has 0 bridgehead atoms. The third-order valence-electron chi connectivity index (χ3n) is 3.93. The molecule has 0 amide bonds. The zero-order chi connectivity index (χ0) is 17.9. The van der Waals surface area contributed by atoms with Gasteiger partial charge in [-0.2, -0.15) is 5.26 Å². The highest BCUT2D eigenvalue weighted by molar-refractivity contribution is 7.21. The van der Waals surface area contributed by atoms with E-state index in [1.54, 1.807) is 36.5 Å². The van der Waals surface area contributed by atoms with Crippen LogP contribution in [0, 0.1) is 17.1 Å². The van der Waals surface area contributed by atoms with Gasteiger partial charge in [-0.05, 0) is 42.0 Å². The highest BCUT2D eigenvalue weighted by Crippen LogP contribution is 2.34. The molecule has 0 aliphatic carbocycles. The van der Waals surface area contributed by atoms with E-state index < -0.39 is 0 Å². The SMILES string of the molecule is N#Cc1cccc(CN(c2nc3cccnc3s2)c2ccccc2F)c1. The molecule has 4 nitrogen and oxygen atoms in total. The fourth-order valence-corrected chi connectivity index (χ4v) is 3.64. The van der Waals surface area contributed by atoms with Crippen molar-refractivity contribution in [3.63, 3.8) is 0 Å². The molecule has 0 aliphatic heterocycles. The molecule has 0 spiro atoms. The van der Waals surface area contributed by atoms with E-state index in [2.05, 4.69) is 16.0 Å².